The maximum Gasteiger partial charge on any atom is 0.187 e. The Labute approximate surface area is 260 Å². The van der Waals surface area contributed by atoms with Crippen molar-refractivity contribution < 1.29 is 28.4 Å². The van der Waals surface area contributed by atoms with Gasteiger partial charge in [-0.25, -0.2) is 0 Å². The van der Waals surface area contributed by atoms with Crippen LogP contribution < -0.4 is 0 Å². The Morgan fingerprint density at radius 1 is 0.523 bits per heavy atom. The molecule has 0 bridgehead atoms. The summed E-state index contributed by atoms with van der Waals surface area (Å²) >= 11 is 0. The topological polar surface area (TPSA) is 55.4 Å². The summed E-state index contributed by atoms with van der Waals surface area (Å²) in [7, 11) is 0. The molecule has 0 aromatic heterocycles. The molecule has 0 aliphatic carbocycles. The zero-order valence-electron chi connectivity index (χ0n) is 25.1. The van der Waals surface area contributed by atoms with Crippen molar-refractivity contribution in [3.8, 4) is 11.8 Å². The van der Waals surface area contributed by atoms with E-state index in [0.717, 1.165) is 22.3 Å². The van der Waals surface area contributed by atoms with Crippen LogP contribution in [0.1, 0.15) is 29.2 Å². The van der Waals surface area contributed by atoms with Crippen LogP contribution in [-0.4, -0.2) is 43.9 Å². The SMILES string of the molecule is CC#CCOC[C@H]1OC(OCc2ccccc2)[C@H](OCc2ccccc2)[C@@H](OCc2ccccc2)[C@@H]1OCc1ccccc1. The van der Waals surface area contributed by atoms with Crippen molar-refractivity contribution in [3.63, 3.8) is 0 Å². The normalized spacial score (nSPS) is 21.3. The predicted octanol–water partition coefficient (Wildman–Crippen LogP) is 6.72. The van der Waals surface area contributed by atoms with Crippen molar-refractivity contribution in [2.75, 3.05) is 13.2 Å². The fourth-order valence-electron chi connectivity index (χ4n) is 5.06. The molecule has 1 fully saturated rings. The minimum absolute atomic E-state index is 0.260. The molecule has 0 radical (unpaired) electrons. The van der Waals surface area contributed by atoms with Crippen LogP contribution in [0.3, 0.4) is 0 Å². The highest BCUT2D eigenvalue weighted by atomic mass is 16.7. The standard InChI is InChI=1S/C38H40O6/c1-2-3-24-39-29-34-35(40-25-30-16-8-4-9-17-30)36(41-26-31-18-10-5-11-19-31)37(42-27-32-20-12-6-13-21-32)38(44-34)43-28-33-22-14-7-15-23-33/h4-23,34-38H,24-29H2,1H3/t34-,35-,36+,37-,38?/m1/s1. The lowest BCUT2D eigenvalue weighted by Crippen LogP contribution is -2.61. The Balaban J connectivity index is 1.44. The lowest BCUT2D eigenvalue weighted by molar-refractivity contribution is -0.330. The second-order valence-electron chi connectivity index (χ2n) is 10.6. The minimum atomic E-state index is -0.734. The van der Waals surface area contributed by atoms with Gasteiger partial charge in [-0.05, 0) is 29.2 Å². The molecule has 228 valence electrons. The average Bonchev–Trinajstić information content (AvgIpc) is 3.09. The van der Waals surface area contributed by atoms with E-state index in [1.165, 1.54) is 0 Å². The van der Waals surface area contributed by atoms with Crippen molar-refractivity contribution >= 4 is 0 Å². The van der Waals surface area contributed by atoms with Gasteiger partial charge in [0.2, 0.25) is 0 Å². The first-order valence-corrected chi connectivity index (χ1v) is 15.0. The van der Waals surface area contributed by atoms with E-state index in [2.05, 4.69) is 11.8 Å². The van der Waals surface area contributed by atoms with E-state index >= 15 is 0 Å². The molecule has 1 aliphatic rings. The summed E-state index contributed by atoms with van der Waals surface area (Å²) in [5.41, 5.74) is 4.18. The highest BCUT2D eigenvalue weighted by molar-refractivity contribution is 5.16. The van der Waals surface area contributed by atoms with Gasteiger partial charge < -0.3 is 28.4 Å². The molecule has 4 aromatic carbocycles. The van der Waals surface area contributed by atoms with E-state index < -0.39 is 30.7 Å². The summed E-state index contributed by atoms with van der Waals surface area (Å²) in [5.74, 6) is 5.85. The fourth-order valence-corrected chi connectivity index (χ4v) is 5.06. The van der Waals surface area contributed by atoms with Gasteiger partial charge in [0.05, 0.1) is 33.0 Å². The summed E-state index contributed by atoms with van der Waals surface area (Å²) in [6, 6.07) is 40.3. The highest BCUT2D eigenvalue weighted by Gasteiger charge is 2.49. The Hall–Kier alpha value is -3.80. The Morgan fingerprint density at radius 3 is 1.39 bits per heavy atom. The third-order valence-electron chi connectivity index (χ3n) is 7.34. The summed E-state index contributed by atoms with van der Waals surface area (Å²) in [5, 5.41) is 0. The van der Waals surface area contributed by atoms with Crippen LogP contribution in [0.2, 0.25) is 0 Å². The molecule has 0 amide bonds. The third-order valence-corrected chi connectivity index (χ3v) is 7.34. The molecular formula is C38H40O6. The molecule has 5 atom stereocenters. The van der Waals surface area contributed by atoms with Crippen molar-refractivity contribution in [2.45, 2.75) is 64.1 Å². The largest absolute Gasteiger partial charge is 0.368 e. The molecule has 0 saturated carbocycles. The molecule has 1 saturated heterocycles. The minimum Gasteiger partial charge on any atom is -0.368 e. The van der Waals surface area contributed by atoms with E-state index in [-0.39, 0.29) is 6.61 Å². The molecule has 44 heavy (non-hydrogen) atoms. The van der Waals surface area contributed by atoms with Gasteiger partial charge in [-0.3, -0.25) is 0 Å². The molecule has 1 heterocycles. The number of ether oxygens (including phenoxy) is 6. The number of hydrogen-bond acceptors (Lipinski definition) is 6. The maximum absolute atomic E-state index is 6.72. The van der Waals surface area contributed by atoms with Crippen molar-refractivity contribution in [1.29, 1.82) is 0 Å². The first-order chi connectivity index (χ1) is 21.8. The zero-order chi connectivity index (χ0) is 30.2. The average molecular weight is 593 g/mol. The van der Waals surface area contributed by atoms with E-state index in [1.54, 1.807) is 6.92 Å². The van der Waals surface area contributed by atoms with E-state index in [0.29, 0.717) is 33.0 Å². The molecule has 5 rings (SSSR count). The van der Waals surface area contributed by atoms with Crippen LogP contribution in [0.25, 0.3) is 0 Å². The van der Waals surface area contributed by atoms with Gasteiger partial charge in [-0.1, -0.05) is 127 Å². The molecule has 4 aromatic rings. The Morgan fingerprint density at radius 2 is 0.932 bits per heavy atom. The second-order valence-corrected chi connectivity index (χ2v) is 10.6. The van der Waals surface area contributed by atoms with Crippen LogP contribution in [0.15, 0.2) is 121 Å². The van der Waals surface area contributed by atoms with Crippen molar-refractivity contribution in [1.82, 2.24) is 0 Å². The first kappa shape index (κ1) is 31.6. The lowest BCUT2D eigenvalue weighted by Gasteiger charge is -2.45. The summed E-state index contributed by atoms with van der Waals surface area (Å²) in [4.78, 5) is 0. The second kappa shape index (κ2) is 17.5. The van der Waals surface area contributed by atoms with Gasteiger partial charge in [0.25, 0.3) is 0 Å². The molecule has 0 N–H and O–H groups in total. The van der Waals surface area contributed by atoms with E-state index in [1.807, 2.05) is 121 Å². The molecular weight excluding hydrogens is 552 g/mol. The van der Waals surface area contributed by atoms with Gasteiger partial charge in [0, 0.05) is 0 Å². The number of benzene rings is 4. The lowest BCUT2D eigenvalue weighted by atomic mass is 9.97. The van der Waals surface area contributed by atoms with Gasteiger partial charge in [-0.2, -0.15) is 0 Å². The van der Waals surface area contributed by atoms with Gasteiger partial charge >= 0.3 is 0 Å². The van der Waals surface area contributed by atoms with Crippen LogP contribution in [0.5, 0.6) is 0 Å². The first-order valence-electron chi connectivity index (χ1n) is 15.0. The van der Waals surface area contributed by atoms with Crippen molar-refractivity contribution in [3.05, 3.63) is 144 Å². The van der Waals surface area contributed by atoms with Crippen LogP contribution in [0, 0.1) is 11.8 Å². The molecule has 0 spiro atoms. The van der Waals surface area contributed by atoms with Gasteiger partial charge in [0.1, 0.15) is 31.0 Å². The predicted molar refractivity (Wildman–Crippen MR) is 169 cm³/mol. The molecule has 1 aliphatic heterocycles. The van der Waals surface area contributed by atoms with Crippen LogP contribution in [-0.2, 0) is 54.8 Å². The summed E-state index contributed by atoms with van der Waals surface area (Å²) in [6.07, 6.45) is -2.85. The van der Waals surface area contributed by atoms with Crippen molar-refractivity contribution in [2.24, 2.45) is 0 Å². The van der Waals surface area contributed by atoms with E-state index in [9.17, 15) is 0 Å². The Bertz CT molecular complexity index is 1400. The molecule has 6 heteroatoms. The highest BCUT2D eigenvalue weighted by Crippen LogP contribution is 2.32. The summed E-state index contributed by atoms with van der Waals surface area (Å²) in [6.45, 7) is 3.82. The number of rotatable bonds is 15. The zero-order valence-corrected chi connectivity index (χ0v) is 25.1. The fraction of sp³-hybridized carbons (Fsp3) is 0.316. The van der Waals surface area contributed by atoms with Gasteiger partial charge in [0.15, 0.2) is 6.29 Å². The third kappa shape index (κ3) is 9.60. The van der Waals surface area contributed by atoms with Gasteiger partial charge in [-0.15, -0.1) is 5.92 Å². The Kier molecular flexibility index (Phi) is 12.6. The smallest absolute Gasteiger partial charge is 0.187 e. The van der Waals surface area contributed by atoms with E-state index in [4.69, 9.17) is 28.4 Å². The van der Waals surface area contributed by atoms with Crippen LogP contribution in [0.4, 0.5) is 0 Å². The molecule has 6 nitrogen and oxygen atoms in total. The summed E-state index contributed by atoms with van der Waals surface area (Å²) < 4.78 is 39.0. The monoisotopic (exact) mass is 592 g/mol. The maximum atomic E-state index is 6.72. The van der Waals surface area contributed by atoms with Crippen LogP contribution >= 0.6 is 0 Å². The molecule has 1 unspecified atom stereocenters. The quantitative estimate of drug-likeness (QED) is 0.113. The number of hydrogen-bond donors (Lipinski definition) is 0.